The van der Waals surface area contributed by atoms with E-state index in [2.05, 4.69) is 10.2 Å². The molecule has 2 aromatic rings. The third-order valence-electron chi connectivity index (χ3n) is 3.25. The van der Waals surface area contributed by atoms with E-state index in [-0.39, 0.29) is 6.04 Å². The van der Waals surface area contributed by atoms with Gasteiger partial charge in [-0.3, -0.25) is 0 Å². The highest BCUT2D eigenvalue weighted by molar-refractivity contribution is 5.43. The highest BCUT2D eigenvalue weighted by Crippen LogP contribution is 2.30. The molecule has 2 rings (SSSR count). The number of aromatic nitrogens is 3. The average Bonchev–Trinajstić information content (AvgIpc) is 2.76. The molecule has 2 N–H and O–H groups in total. The molecule has 108 valence electrons. The van der Waals surface area contributed by atoms with Gasteiger partial charge in [0.05, 0.1) is 7.11 Å². The predicted octanol–water partition coefficient (Wildman–Crippen LogP) is 1.73. The number of nitrogens with two attached hydrogens (primary N) is 1. The van der Waals surface area contributed by atoms with Crippen LogP contribution < -0.4 is 15.2 Å². The number of nitrogens with zero attached hydrogens (tertiary/aromatic N) is 3. The summed E-state index contributed by atoms with van der Waals surface area (Å²) in [6.45, 7) is 4.16. The third-order valence-corrected chi connectivity index (χ3v) is 3.25. The van der Waals surface area contributed by atoms with E-state index < -0.39 is 0 Å². The molecule has 1 aromatic carbocycles. The summed E-state index contributed by atoms with van der Waals surface area (Å²) in [7, 11) is 3.52. The maximum absolute atomic E-state index is 5.86. The quantitative estimate of drug-likeness (QED) is 0.900. The fourth-order valence-corrected chi connectivity index (χ4v) is 1.81. The van der Waals surface area contributed by atoms with Crippen molar-refractivity contribution in [3.63, 3.8) is 0 Å². The molecule has 0 fully saturated rings. The van der Waals surface area contributed by atoms with Crippen LogP contribution in [0.2, 0.25) is 0 Å². The van der Waals surface area contributed by atoms with Crippen LogP contribution in [0, 0.1) is 6.92 Å². The molecule has 0 saturated heterocycles. The minimum absolute atomic E-state index is 0.0423. The van der Waals surface area contributed by atoms with Crippen LogP contribution in [-0.4, -0.2) is 21.9 Å². The van der Waals surface area contributed by atoms with Crippen molar-refractivity contribution in [2.24, 2.45) is 12.8 Å². The molecule has 0 bridgehead atoms. The second kappa shape index (κ2) is 5.92. The van der Waals surface area contributed by atoms with Crippen molar-refractivity contribution in [3.05, 3.63) is 35.4 Å². The molecule has 0 spiro atoms. The summed E-state index contributed by atoms with van der Waals surface area (Å²) in [6.07, 6.45) is 0. The van der Waals surface area contributed by atoms with Gasteiger partial charge in [-0.1, -0.05) is 6.07 Å². The number of benzene rings is 1. The Bertz CT molecular complexity index is 593. The standard InChI is InChI=1S/C14H20N4O2/c1-9(15)11-5-6-12(13(7-11)19-4)20-8-14-17-16-10(2)18(14)3/h5-7,9H,8,15H2,1-4H3/t9-/m1/s1. The molecule has 0 aliphatic heterocycles. The molecule has 1 heterocycles. The second-order valence-corrected chi connectivity index (χ2v) is 4.71. The summed E-state index contributed by atoms with van der Waals surface area (Å²) in [6, 6.07) is 5.65. The van der Waals surface area contributed by atoms with Gasteiger partial charge >= 0.3 is 0 Å². The predicted molar refractivity (Wildman–Crippen MR) is 75.7 cm³/mol. The van der Waals surface area contributed by atoms with E-state index in [9.17, 15) is 0 Å². The van der Waals surface area contributed by atoms with Gasteiger partial charge in [-0.2, -0.15) is 0 Å². The van der Waals surface area contributed by atoms with Gasteiger partial charge < -0.3 is 19.8 Å². The molecule has 0 unspecified atom stereocenters. The van der Waals surface area contributed by atoms with Crippen LogP contribution in [-0.2, 0) is 13.7 Å². The van der Waals surface area contributed by atoms with Crippen LogP contribution in [0.1, 0.15) is 30.2 Å². The first-order chi connectivity index (χ1) is 9.52. The monoisotopic (exact) mass is 276 g/mol. The third kappa shape index (κ3) is 2.91. The Morgan fingerprint density at radius 1 is 1.30 bits per heavy atom. The van der Waals surface area contributed by atoms with Crippen LogP contribution in [0.4, 0.5) is 0 Å². The van der Waals surface area contributed by atoms with E-state index in [1.165, 1.54) is 0 Å². The minimum Gasteiger partial charge on any atom is -0.493 e. The van der Waals surface area contributed by atoms with Crippen molar-refractivity contribution < 1.29 is 9.47 Å². The Labute approximate surface area is 118 Å². The largest absolute Gasteiger partial charge is 0.493 e. The van der Waals surface area contributed by atoms with Crippen molar-refractivity contribution in [1.29, 1.82) is 0 Å². The molecule has 0 aliphatic rings. The molecule has 1 atom stereocenters. The lowest BCUT2D eigenvalue weighted by Gasteiger charge is -2.13. The van der Waals surface area contributed by atoms with Gasteiger partial charge in [0.1, 0.15) is 12.4 Å². The lowest BCUT2D eigenvalue weighted by molar-refractivity contribution is 0.272. The lowest BCUT2D eigenvalue weighted by atomic mass is 10.1. The Balaban J connectivity index is 2.15. The highest BCUT2D eigenvalue weighted by atomic mass is 16.5. The number of hydrogen-bond acceptors (Lipinski definition) is 5. The number of ether oxygens (including phenoxy) is 2. The van der Waals surface area contributed by atoms with E-state index in [1.807, 2.05) is 43.7 Å². The minimum atomic E-state index is -0.0423. The summed E-state index contributed by atoms with van der Waals surface area (Å²) in [4.78, 5) is 0. The van der Waals surface area contributed by atoms with E-state index in [0.29, 0.717) is 18.1 Å². The van der Waals surface area contributed by atoms with Gasteiger partial charge in [-0.15, -0.1) is 10.2 Å². The molecular weight excluding hydrogens is 256 g/mol. The van der Waals surface area contributed by atoms with Crippen molar-refractivity contribution in [2.75, 3.05) is 7.11 Å². The Morgan fingerprint density at radius 3 is 2.60 bits per heavy atom. The van der Waals surface area contributed by atoms with Crippen LogP contribution in [0.15, 0.2) is 18.2 Å². The molecule has 0 amide bonds. The first-order valence-corrected chi connectivity index (χ1v) is 6.44. The molecule has 6 heteroatoms. The van der Waals surface area contributed by atoms with Crippen LogP contribution in [0.3, 0.4) is 0 Å². The van der Waals surface area contributed by atoms with Gasteiger partial charge in [0.25, 0.3) is 0 Å². The van der Waals surface area contributed by atoms with E-state index >= 15 is 0 Å². The zero-order valence-electron chi connectivity index (χ0n) is 12.3. The fourth-order valence-electron chi connectivity index (χ4n) is 1.81. The first kappa shape index (κ1) is 14.3. The first-order valence-electron chi connectivity index (χ1n) is 6.44. The van der Waals surface area contributed by atoms with Gasteiger partial charge in [-0.25, -0.2) is 0 Å². The zero-order chi connectivity index (χ0) is 14.7. The molecular formula is C14H20N4O2. The number of methoxy groups -OCH3 is 1. The SMILES string of the molecule is COc1cc([C@@H](C)N)ccc1OCc1nnc(C)n1C. The summed E-state index contributed by atoms with van der Waals surface area (Å²) >= 11 is 0. The number of rotatable bonds is 5. The average molecular weight is 276 g/mol. The van der Waals surface area contributed by atoms with Crippen molar-refractivity contribution in [2.45, 2.75) is 26.5 Å². The van der Waals surface area contributed by atoms with Crippen molar-refractivity contribution >= 4 is 0 Å². The van der Waals surface area contributed by atoms with Crippen LogP contribution in [0.25, 0.3) is 0 Å². The topological polar surface area (TPSA) is 75.2 Å². The Kier molecular flexibility index (Phi) is 4.24. The number of aryl methyl sites for hydroxylation is 1. The van der Waals surface area contributed by atoms with Gasteiger partial charge in [0.2, 0.25) is 0 Å². The lowest BCUT2D eigenvalue weighted by Crippen LogP contribution is -2.07. The Morgan fingerprint density at radius 2 is 2.05 bits per heavy atom. The summed E-state index contributed by atoms with van der Waals surface area (Å²) < 4.78 is 13.0. The summed E-state index contributed by atoms with van der Waals surface area (Å²) in [5.74, 6) is 2.94. The maximum atomic E-state index is 5.86. The van der Waals surface area contributed by atoms with E-state index in [0.717, 1.165) is 17.2 Å². The molecule has 1 aromatic heterocycles. The molecule has 0 radical (unpaired) electrons. The molecule has 6 nitrogen and oxygen atoms in total. The molecule has 20 heavy (non-hydrogen) atoms. The highest BCUT2D eigenvalue weighted by Gasteiger charge is 2.10. The van der Waals surface area contributed by atoms with Crippen molar-refractivity contribution in [1.82, 2.24) is 14.8 Å². The van der Waals surface area contributed by atoms with Crippen LogP contribution >= 0.6 is 0 Å². The Hall–Kier alpha value is -2.08. The smallest absolute Gasteiger partial charge is 0.170 e. The normalized spacial score (nSPS) is 12.2. The maximum Gasteiger partial charge on any atom is 0.170 e. The second-order valence-electron chi connectivity index (χ2n) is 4.71. The van der Waals surface area contributed by atoms with Gasteiger partial charge in [0.15, 0.2) is 17.3 Å². The molecule has 0 saturated carbocycles. The zero-order valence-corrected chi connectivity index (χ0v) is 12.3. The van der Waals surface area contributed by atoms with E-state index in [4.69, 9.17) is 15.2 Å². The van der Waals surface area contributed by atoms with Crippen molar-refractivity contribution in [3.8, 4) is 11.5 Å². The molecule has 0 aliphatic carbocycles. The fraction of sp³-hybridized carbons (Fsp3) is 0.429. The summed E-state index contributed by atoms with van der Waals surface area (Å²) in [5.41, 5.74) is 6.86. The van der Waals surface area contributed by atoms with E-state index in [1.54, 1.807) is 7.11 Å². The van der Waals surface area contributed by atoms with Gasteiger partial charge in [-0.05, 0) is 31.5 Å². The summed E-state index contributed by atoms with van der Waals surface area (Å²) in [5, 5.41) is 8.05. The van der Waals surface area contributed by atoms with Gasteiger partial charge in [0, 0.05) is 13.1 Å². The number of hydrogen-bond donors (Lipinski definition) is 1. The van der Waals surface area contributed by atoms with Crippen LogP contribution in [0.5, 0.6) is 11.5 Å².